The molecule has 3 aromatic rings. The minimum absolute atomic E-state index is 0.0576. The fourth-order valence-corrected chi connectivity index (χ4v) is 4.87. The molecule has 1 aromatic heterocycles. The fraction of sp³-hybridized carbons (Fsp3) is 0.333. The van der Waals surface area contributed by atoms with Crippen LogP contribution in [0.1, 0.15) is 47.2 Å². The molecular formula is C24H25N3O2. The van der Waals surface area contributed by atoms with Crippen molar-refractivity contribution in [2.24, 2.45) is 0 Å². The number of hydrogen-bond acceptors (Lipinski definition) is 2. The number of fused-ring (bicyclic) bond motifs is 2. The molecule has 1 fully saturated rings. The molecule has 5 rings (SSSR count). The summed E-state index contributed by atoms with van der Waals surface area (Å²) in [6.45, 7) is 3.85. The number of hydrogen-bond donors (Lipinski definition) is 1. The van der Waals surface area contributed by atoms with Crippen LogP contribution in [0.25, 0.3) is 10.9 Å². The van der Waals surface area contributed by atoms with Crippen molar-refractivity contribution in [1.82, 2.24) is 9.88 Å². The van der Waals surface area contributed by atoms with Crippen molar-refractivity contribution in [3.63, 3.8) is 0 Å². The van der Waals surface area contributed by atoms with E-state index >= 15 is 0 Å². The highest BCUT2D eigenvalue weighted by atomic mass is 16.2. The number of likely N-dealkylation sites (tertiary alicyclic amines) is 1. The lowest BCUT2D eigenvalue weighted by Gasteiger charge is -2.32. The first-order valence-corrected chi connectivity index (χ1v) is 10.4. The van der Waals surface area contributed by atoms with E-state index in [0.717, 1.165) is 49.2 Å². The van der Waals surface area contributed by atoms with E-state index in [2.05, 4.69) is 35.4 Å². The zero-order chi connectivity index (χ0) is 20.0. The molecule has 2 aliphatic rings. The molecule has 0 radical (unpaired) electrons. The van der Waals surface area contributed by atoms with Crippen LogP contribution in [0.3, 0.4) is 0 Å². The van der Waals surface area contributed by atoms with Gasteiger partial charge in [-0.2, -0.15) is 0 Å². The molecule has 29 heavy (non-hydrogen) atoms. The van der Waals surface area contributed by atoms with Crippen LogP contribution in [0.2, 0.25) is 0 Å². The average Bonchev–Trinajstić information content (AvgIpc) is 3.37. The summed E-state index contributed by atoms with van der Waals surface area (Å²) in [4.78, 5) is 31.9. The molecule has 148 valence electrons. The van der Waals surface area contributed by atoms with Crippen LogP contribution in [0.4, 0.5) is 5.69 Å². The summed E-state index contributed by atoms with van der Waals surface area (Å²) < 4.78 is 0. The normalized spacial score (nSPS) is 17.0. The maximum absolute atomic E-state index is 13.1. The highest BCUT2D eigenvalue weighted by molar-refractivity contribution is 5.98. The second-order valence-corrected chi connectivity index (χ2v) is 8.12. The Bertz CT molecular complexity index is 1090. The van der Waals surface area contributed by atoms with Crippen molar-refractivity contribution in [1.29, 1.82) is 0 Å². The van der Waals surface area contributed by atoms with Gasteiger partial charge >= 0.3 is 0 Å². The summed E-state index contributed by atoms with van der Waals surface area (Å²) in [5, 5.41) is 1.30. The standard InChI is InChI=1S/C24H25N3O2/c1-16(28)27-13-10-18-14-19(6-7-23(18)27)24(29)26-11-8-17(9-12-26)21-15-25-22-5-3-2-4-20(21)22/h2-7,14-15,17,25H,8-13H2,1H3. The topological polar surface area (TPSA) is 56.4 Å². The van der Waals surface area contributed by atoms with Gasteiger partial charge in [-0.05, 0) is 60.6 Å². The molecule has 0 bridgehead atoms. The number of nitrogens with zero attached hydrogens (tertiary/aromatic N) is 2. The molecule has 0 aliphatic carbocycles. The third kappa shape index (κ3) is 3.11. The van der Waals surface area contributed by atoms with Gasteiger partial charge in [0.25, 0.3) is 5.91 Å². The molecule has 0 saturated carbocycles. The van der Waals surface area contributed by atoms with Gasteiger partial charge in [0.1, 0.15) is 0 Å². The lowest BCUT2D eigenvalue weighted by molar-refractivity contribution is -0.116. The molecule has 0 atom stereocenters. The molecule has 0 spiro atoms. The van der Waals surface area contributed by atoms with E-state index in [0.29, 0.717) is 12.5 Å². The number of H-pyrrole nitrogens is 1. The Kier molecular flexibility index (Phi) is 4.38. The summed E-state index contributed by atoms with van der Waals surface area (Å²) in [6, 6.07) is 14.2. The van der Waals surface area contributed by atoms with Gasteiger partial charge in [-0.25, -0.2) is 0 Å². The number of amides is 2. The predicted octanol–water partition coefficient (Wildman–Crippen LogP) is 4.10. The quantitative estimate of drug-likeness (QED) is 0.720. The van der Waals surface area contributed by atoms with Crippen LogP contribution < -0.4 is 4.90 Å². The number of para-hydroxylation sites is 1. The molecule has 5 nitrogen and oxygen atoms in total. The van der Waals surface area contributed by atoms with Gasteiger partial charge in [-0.1, -0.05) is 18.2 Å². The molecule has 1 saturated heterocycles. The van der Waals surface area contributed by atoms with E-state index < -0.39 is 0 Å². The molecule has 3 heterocycles. The van der Waals surface area contributed by atoms with Crippen LogP contribution in [-0.4, -0.2) is 41.3 Å². The first kappa shape index (κ1) is 18.0. The minimum atomic E-state index is 0.0576. The minimum Gasteiger partial charge on any atom is -0.361 e. The van der Waals surface area contributed by atoms with E-state index in [1.54, 1.807) is 11.8 Å². The number of nitrogens with one attached hydrogen (secondary N) is 1. The van der Waals surface area contributed by atoms with E-state index in [1.807, 2.05) is 23.1 Å². The van der Waals surface area contributed by atoms with E-state index in [4.69, 9.17) is 0 Å². The third-order valence-corrected chi connectivity index (χ3v) is 6.45. The molecule has 2 aromatic carbocycles. The molecule has 5 heteroatoms. The Hall–Kier alpha value is -3.08. The smallest absolute Gasteiger partial charge is 0.253 e. The summed E-state index contributed by atoms with van der Waals surface area (Å²) in [5.41, 5.74) is 5.33. The van der Waals surface area contributed by atoms with Crippen molar-refractivity contribution < 1.29 is 9.59 Å². The Labute approximate surface area is 170 Å². The van der Waals surface area contributed by atoms with Gasteiger partial charge in [-0.3, -0.25) is 9.59 Å². The summed E-state index contributed by atoms with van der Waals surface area (Å²) in [7, 11) is 0. The SMILES string of the molecule is CC(=O)N1CCc2cc(C(=O)N3CCC(c4c[nH]c5ccccc45)CC3)ccc21. The second kappa shape index (κ2) is 7.07. The van der Waals surface area contributed by atoms with Crippen LogP contribution in [0, 0.1) is 0 Å². The van der Waals surface area contributed by atoms with Crippen molar-refractivity contribution >= 4 is 28.4 Å². The van der Waals surface area contributed by atoms with E-state index in [1.165, 1.54) is 16.5 Å². The molecule has 0 unspecified atom stereocenters. The molecule has 2 amide bonds. The van der Waals surface area contributed by atoms with Crippen LogP contribution in [-0.2, 0) is 11.2 Å². The number of carbonyl (C=O) groups is 2. The van der Waals surface area contributed by atoms with Crippen molar-refractivity contribution in [3.8, 4) is 0 Å². The fourth-order valence-electron chi connectivity index (χ4n) is 4.87. The van der Waals surface area contributed by atoms with Crippen LogP contribution in [0.5, 0.6) is 0 Å². The second-order valence-electron chi connectivity index (χ2n) is 8.12. The monoisotopic (exact) mass is 387 g/mol. The lowest BCUT2D eigenvalue weighted by atomic mass is 9.89. The predicted molar refractivity (Wildman–Crippen MR) is 114 cm³/mol. The highest BCUT2D eigenvalue weighted by Crippen LogP contribution is 2.34. The largest absolute Gasteiger partial charge is 0.361 e. The van der Waals surface area contributed by atoms with Crippen LogP contribution in [0.15, 0.2) is 48.7 Å². The molecule has 2 aliphatic heterocycles. The Morgan fingerprint density at radius 2 is 1.83 bits per heavy atom. The zero-order valence-corrected chi connectivity index (χ0v) is 16.6. The van der Waals surface area contributed by atoms with E-state index in [9.17, 15) is 9.59 Å². The first-order valence-electron chi connectivity index (χ1n) is 10.4. The molecule has 1 N–H and O–H groups in total. The van der Waals surface area contributed by atoms with E-state index in [-0.39, 0.29) is 11.8 Å². The van der Waals surface area contributed by atoms with Crippen molar-refractivity contribution in [2.45, 2.75) is 32.1 Å². The Balaban J connectivity index is 1.29. The van der Waals surface area contributed by atoms with Gasteiger partial charge in [0.05, 0.1) is 0 Å². The number of aromatic nitrogens is 1. The number of aromatic amines is 1. The van der Waals surface area contributed by atoms with Gasteiger partial charge in [0, 0.05) is 54.9 Å². The maximum Gasteiger partial charge on any atom is 0.253 e. The van der Waals surface area contributed by atoms with Gasteiger partial charge < -0.3 is 14.8 Å². The number of rotatable bonds is 2. The summed E-state index contributed by atoms with van der Waals surface area (Å²) in [5.74, 6) is 0.646. The van der Waals surface area contributed by atoms with Crippen LogP contribution >= 0.6 is 0 Å². The first-order chi connectivity index (χ1) is 14.1. The highest BCUT2D eigenvalue weighted by Gasteiger charge is 2.28. The lowest BCUT2D eigenvalue weighted by Crippen LogP contribution is -2.37. The summed E-state index contributed by atoms with van der Waals surface area (Å²) >= 11 is 0. The number of benzene rings is 2. The number of carbonyl (C=O) groups excluding carboxylic acids is 2. The third-order valence-electron chi connectivity index (χ3n) is 6.45. The number of anilines is 1. The Morgan fingerprint density at radius 3 is 2.62 bits per heavy atom. The van der Waals surface area contributed by atoms with Gasteiger partial charge in [-0.15, -0.1) is 0 Å². The molecular weight excluding hydrogens is 362 g/mol. The zero-order valence-electron chi connectivity index (χ0n) is 16.6. The Morgan fingerprint density at radius 1 is 1.03 bits per heavy atom. The maximum atomic E-state index is 13.1. The van der Waals surface area contributed by atoms with Gasteiger partial charge in [0.15, 0.2) is 0 Å². The summed E-state index contributed by atoms with van der Waals surface area (Å²) in [6.07, 6.45) is 4.92. The van der Waals surface area contributed by atoms with Crippen molar-refractivity contribution in [3.05, 3.63) is 65.4 Å². The van der Waals surface area contributed by atoms with Gasteiger partial charge in [0.2, 0.25) is 5.91 Å². The number of piperidine rings is 1. The van der Waals surface area contributed by atoms with Crippen molar-refractivity contribution in [2.75, 3.05) is 24.5 Å². The average molecular weight is 387 g/mol.